The molecule has 13 N–H and O–H groups in total. The maximum absolute atomic E-state index is 16.1. The summed E-state index contributed by atoms with van der Waals surface area (Å²) in [6, 6.07) is 3.21. The minimum Gasteiger partial charge on any atom is -0.397 e. The number of thiol groups is 1. The van der Waals surface area contributed by atoms with Crippen molar-refractivity contribution in [3.63, 3.8) is 0 Å². The Hall–Kier alpha value is -4.37. The molecule has 16 heterocycles. The largest absolute Gasteiger partial charge is 0.397 e. The molecule has 8 aromatic heterocycles. The summed E-state index contributed by atoms with van der Waals surface area (Å²) in [5, 5.41) is -4.02. The Morgan fingerprint density at radius 3 is 1.45 bits per heavy atom. The molecule has 492 valence electrons. The summed E-state index contributed by atoms with van der Waals surface area (Å²) in [4.78, 5) is 97.0. The summed E-state index contributed by atoms with van der Waals surface area (Å²) in [5.74, 6) is -0.375. The van der Waals surface area contributed by atoms with E-state index in [2.05, 4.69) is 62.1 Å². The van der Waals surface area contributed by atoms with Crippen molar-refractivity contribution in [2.24, 2.45) is 0 Å². The Labute approximate surface area is 541 Å². The van der Waals surface area contributed by atoms with Crippen molar-refractivity contribution < 1.29 is 83.2 Å². The molecular weight excluding hydrogens is 1420 g/mol. The molecule has 0 amide bonds. The zero-order chi connectivity index (χ0) is 64.3. The molecule has 0 aromatic carbocycles. The molecular formula is C44H48F2N18O18P4S6. The molecule has 92 heavy (non-hydrogen) atoms. The minimum atomic E-state index is -4.36. The van der Waals surface area contributed by atoms with Crippen LogP contribution in [-0.2, 0) is 95.1 Å². The number of hydrogen-bond donors (Lipinski definition) is 10. The third-order valence-electron chi connectivity index (χ3n) is 16.2. The third-order valence-corrected chi connectivity index (χ3v) is 25.5. The number of ether oxygens (including phenoxy) is 4. The lowest BCUT2D eigenvalue weighted by molar-refractivity contribution is -0.183. The Balaban J connectivity index is 0.000000153. The number of aromatic nitrogens is 14. The fourth-order valence-electron chi connectivity index (χ4n) is 12.1. The Bertz CT molecular complexity index is 4360. The van der Waals surface area contributed by atoms with E-state index in [4.69, 9.17) is 113 Å². The van der Waals surface area contributed by atoms with Crippen molar-refractivity contribution in [1.82, 2.24) is 68.1 Å². The van der Waals surface area contributed by atoms with Gasteiger partial charge in [-0.1, -0.05) is 12.2 Å². The van der Waals surface area contributed by atoms with E-state index < -0.39 is 158 Å². The molecule has 16 rings (SSSR count). The first-order valence-corrected chi connectivity index (χ1v) is 39.4. The van der Waals surface area contributed by atoms with Gasteiger partial charge in [0.15, 0.2) is 46.1 Å². The van der Waals surface area contributed by atoms with E-state index in [9.17, 15) is 28.8 Å². The summed E-state index contributed by atoms with van der Waals surface area (Å²) in [6.07, 6.45) is -3.81. The maximum Gasteiger partial charge on any atom is 0.386 e. The second kappa shape index (κ2) is 23.2. The van der Waals surface area contributed by atoms with Gasteiger partial charge in [0, 0.05) is 12.4 Å². The smallest absolute Gasteiger partial charge is 0.386 e. The van der Waals surface area contributed by atoms with Gasteiger partial charge in [0.05, 0.1) is 86.8 Å². The molecule has 8 aliphatic rings. The quantitative estimate of drug-likeness (QED) is 0.0890. The molecule has 8 aromatic rings. The summed E-state index contributed by atoms with van der Waals surface area (Å²) < 4.78 is 123. The van der Waals surface area contributed by atoms with Crippen LogP contribution in [0.1, 0.15) is 23.2 Å². The fraction of sp³-hybridized carbons (Fsp3) is 0.500. The number of nitrogens with one attached hydrogen (secondary N) is 2. The van der Waals surface area contributed by atoms with E-state index >= 15 is 8.78 Å². The monoisotopic (exact) mass is 1470 g/mol. The summed E-state index contributed by atoms with van der Waals surface area (Å²) in [7, 11) is 0. The van der Waals surface area contributed by atoms with Crippen LogP contribution >= 0.6 is 62.7 Å². The van der Waals surface area contributed by atoms with Crippen LogP contribution in [0, 0.1) is 0 Å². The molecule has 48 heteroatoms. The SMILES string of the molecule is Nc1nc2c(ncn2[C@@H]2S[C@@H]3COP(O)(=S)O[C@H]4[C@H]5OC[C@]4(COP(=O)(S)O[C@@H]2[C@H]3F)O[C@H]5n2cnc3c(N)ccnc32)c(=O)[nH]1.Nc1nc2c(ncn2[C@@H]2S[C@@H]3COP(O)(=S)O[C@H]4[C@H]5OC[C@]4(COP(O)(=S)O[C@@H]2[C@H]3F)O[C@H]5n2cnc3c(N)ccnc32)c(=O)[nH]1. The molecule has 36 nitrogen and oxygen atoms in total. The zero-order valence-electron chi connectivity index (χ0n) is 46.1. The molecule has 20 atom stereocenters. The lowest BCUT2D eigenvalue weighted by Gasteiger charge is -2.33. The predicted molar refractivity (Wildman–Crippen MR) is 334 cm³/mol. The van der Waals surface area contributed by atoms with Gasteiger partial charge in [-0.3, -0.25) is 60.4 Å². The van der Waals surface area contributed by atoms with Crippen molar-refractivity contribution in [2.75, 3.05) is 62.6 Å². The molecule has 4 unspecified atom stereocenters. The summed E-state index contributed by atoms with van der Waals surface area (Å²) in [5.41, 5.74) is 21.9. The molecule has 8 aliphatic heterocycles. The number of nitrogen functional groups attached to an aromatic ring is 4. The first-order valence-electron chi connectivity index (χ1n) is 27.1. The second-order valence-electron chi connectivity index (χ2n) is 21.9. The van der Waals surface area contributed by atoms with Gasteiger partial charge in [-0.15, -0.1) is 23.5 Å². The van der Waals surface area contributed by atoms with Gasteiger partial charge in [0.1, 0.15) is 82.0 Å². The number of halogens is 2. The Morgan fingerprint density at radius 1 is 0.565 bits per heavy atom. The van der Waals surface area contributed by atoms with Crippen molar-refractivity contribution in [3.05, 3.63) is 70.5 Å². The number of imidazole rings is 4. The number of anilines is 4. The van der Waals surface area contributed by atoms with E-state index in [1.807, 2.05) is 0 Å². The normalized spacial score (nSPS) is 39.7. The predicted octanol–water partition coefficient (Wildman–Crippen LogP) is 2.02. The number of fused-ring (bicyclic) bond motifs is 8. The third kappa shape index (κ3) is 11.0. The summed E-state index contributed by atoms with van der Waals surface area (Å²) >= 11 is 22.2. The fourth-order valence-corrected chi connectivity index (χ4v) is 21.2. The average molecular weight is 1470 g/mol. The number of hydrogen-bond acceptors (Lipinski definition) is 32. The number of thioether (sulfide) groups is 2. The highest BCUT2D eigenvalue weighted by atomic mass is 32.7. The molecule has 8 fully saturated rings. The first kappa shape index (κ1) is 63.7. The summed E-state index contributed by atoms with van der Waals surface area (Å²) in [6.45, 7) is -18.8. The van der Waals surface area contributed by atoms with E-state index in [0.717, 1.165) is 23.5 Å². The van der Waals surface area contributed by atoms with E-state index in [0.29, 0.717) is 33.7 Å². The zero-order valence-corrected chi connectivity index (χ0v) is 54.7. The van der Waals surface area contributed by atoms with Gasteiger partial charge < -0.3 is 70.1 Å². The van der Waals surface area contributed by atoms with Gasteiger partial charge >= 0.3 is 27.0 Å². The Kier molecular flexibility index (Phi) is 16.0. The number of rotatable bonds is 4. The van der Waals surface area contributed by atoms with E-state index in [1.165, 1.54) is 46.8 Å². The lowest BCUT2D eigenvalue weighted by Crippen LogP contribution is -2.45. The van der Waals surface area contributed by atoms with Crippen LogP contribution in [0.4, 0.5) is 32.1 Å². The van der Waals surface area contributed by atoms with Crippen LogP contribution in [0.15, 0.2) is 59.4 Å². The van der Waals surface area contributed by atoms with Crippen molar-refractivity contribution >= 4 is 166 Å². The van der Waals surface area contributed by atoms with Crippen LogP contribution in [-0.4, -0.2) is 193 Å². The van der Waals surface area contributed by atoms with Crippen molar-refractivity contribution in [2.45, 2.75) is 93.9 Å². The molecule has 0 aliphatic carbocycles. The van der Waals surface area contributed by atoms with Crippen molar-refractivity contribution in [3.8, 4) is 0 Å². The lowest BCUT2D eigenvalue weighted by atomic mass is 10.0. The van der Waals surface area contributed by atoms with Gasteiger partial charge in [-0.05, 0) is 47.6 Å². The van der Waals surface area contributed by atoms with E-state index in [1.54, 1.807) is 21.3 Å². The number of H-pyrrole nitrogens is 2. The number of nitrogens with two attached hydrogens (primary N) is 4. The van der Waals surface area contributed by atoms with Crippen LogP contribution < -0.4 is 34.1 Å². The molecule has 0 radical (unpaired) electrons. The molecule has 0 saturated carbocycles. The van der Waals surface area contributed by atoms with Crippen LogP contribution in [0.5, 0.6) is 0 Å². The number of pyridine rings is 2. The van der Waals surface area contributed by atoms with Gasteiger partial charge in [-0.2, -0.15) is 9.97 Å². The average Bonchev–Trinajstić information content (AvgIpc) is 1.57. The molecule has 8 bridgehead atoms. The highest BCUT2D eigenvalue weighted by Crippen LogP contribution is 2.64. The first-order chi connectivity index (χ1) is 43.7. The number of alkyl halides is 2. The van der Waals surface area contributed by atoms with Gasteiger partial charge in [-0.25, -0.2) is 43.2 Å². The highest BCUT2D eigenvalue weighted by molar-refractivity contribution is 8.44. The van der Waals surface area contributed by atoms with Crippen LogP contribution in [0.25, 0.3) is 44.7 Å². The topological polar surface area (TPSA) is 481 Å². The van der Waals surface area contributed by atoms with E-state index in [-0.39, 0.29) is 47.4 Å². The minimum absolute atomic E-state index is 0.0392. The molecule has 8 saturated heterocycles. The highest BCUT2D eigenvalue weighted by Gasteiger charge is 2.67. The standard InChI is InChI=1S/2C22H24FN9O9P2S3/c2*23-10-9-3-37-42(34,44)41-15-14-19(31-6-27-11-8(24)1-2-26-16(11)31)39-22(15,4-36-14)5-38-43(35,45)40-13(10)20(46-9)32-7-28-12-17(32)29-21(25)30-18(12)33/h2*1-2,6-7,9-10,13-15,19-20H,3-5H2,(H2,24,26)(H,34,44)(H,35,45)(H3,25,29,30,33)/t2*9-,10+,13-,14-,15+,19-,20-,22-,42?,43?/m11/s1. The van der Waals surface area contributed by atoms with Crippen molar-refractivity contribution in [1.29, 1.82) is 0 Å². The van der Waals surface area contributed by atoms with Gasteiger partial charge in [0.25, 0.3) is 11.1 Å². The number of aromatic amines is 2. The van der Waals surface area contributed by atoms with Crippen LogP contribution in [0.3, 0.4) is 0 Å². The van der Waals surface area contributed by atoms with Crippen LogP contribution in [0.2, 0.25) is 0 Å². The Morgan fingerprint density at radius 2 is 0.978 bits per heavy atom. The van der Waals surface area contributed by atoms with Gasteiger partial charge in [0.2, 0.25) is 11.9 Å². The number of nitrogens with zero attached hydrogens (tertiary/aromatic N) is 12. The second-order valence-corrected chi connectivity index (χ2v) is 35.9. The molecule has 0 spiro atoms. The maximum atomic E-state index is 16.1.